The molecule has 0 bridgehead atoms. The molecule has 13 heteroatoms. The van der Waals surface area contributed by atoms with Crippen molar-refractivity contribution in [2.45, 2.75) is 78.9 Å². The standard InChI is InChI=1S/C27H44N3O9P/c1-8-38-40(35,39-9-2)25(27(34)36-7)28-24(32)22(16-19(5)6)30-29-21(15-18(3)4)23(31)26(33)37-17-20-13-11-10-12-14-20/h10-14,18-19,21-22,25,29-30H,8-9,15-17H2,1-7H3,(H,28,32)/t21-,22-,25?/m0/s1. The smallest absolute Gasteiger partial charge is 0.376 e. The highest BCUT2D eigenvalue weighted by molar-refractivity contribution is 7.55. The second-order valence-corrected chi connectivity index (χ2v) is 12.0. The van der Waals surface area contributed by atoms with Crippen LogP contribution in [0.3, 0.4) is 0 Å². The van der Waals surface area contributed by atoms with Gasteiger partial charge in [-0.25, -0.2) is 20.4 Å². The fraction of sp³-hybridized carbons (Fsp3) is 0.630. The van der Waals surface area contributed by atoms with Gasteiger partial charge in [0.05, 0.1) is 26.4 Å². The molecule has 1 amide bonds. The minimum absolute atomic E-state index is 0.00213. The number of ether oxygens (including phenoxy) is 2. The highest BCUT2D eigenvalue weighted by Crippen LogP contribution is 2.52. The maximum absolute atomic E-state index is 13.3. The summed E-state index contributed by atoms with van der Waals surface area (Å²) in [5.41, 5.74) is 6.38. The van der Waals surface area contributed by atoms with Crippen LogP contribution in [-0.2, 0) is 48.9 Å². The predicted molar refractivity (Wildman–Crippen MR) is 149 cm³/mol. The molecule has 1 rings (SSSR count). The molecule has 1 aromatic rings. The number of benzene rings is 1. The predicted octanol–water partition coefficient (Wildman–Crippen LogP) is 3.10. The van der Waals surface area contributed by atoms with Crippen LogP contribution in [0.25, 0.3) is 0 Å². The minimum Gasteiger partial charge on any atom is -0.467 e. The number of carbonyl (C=O) groups excluding carboxylic acids is 4. The number of Topliss-reactive ketones (excluding diaryl/α,β-unsaturated/α-hetero) is 1. The van der Waals surface area contributed by atoms with Crippen molar-refractivity contribution in [1.29, 1.82) is 0 Å². The number of hydrogen-bond acceptors (Lipinski definition) is 11. The molecule has 226 valence electrons. The third-order valence-corrected chi connectivity index (χ3v) is 7.74. The van der Waals surface area contributed by atoms with Gasteiger partial charge >= 0.3 is 19.5 Å². The second kappa shape index (κ2) is 17.9. The van der Waals surface area contributed by atoms with E-state index in [-0.39, 0.29) is 44.5 Å². The average Bonchev–Trinajstić information content (AvgIpc) is 2.91. The third-order valence-electron chi connectivity index (χ3n) is 5.53. The lowest BCUT2D eigenvalue weighted by atomic mass is 10.0. The number of methoxy groups -OCH3 is 1. The van der Waals surface area contributed by atoms with Gasteiger partial charge in [-0.2, -0.15) is 0 Å². The molecule has 0 spiro atoms. The summed E-state index contributed by atoms with van der Waals surface area (Å²) in [4.78, 5) is 51.4. The molecule has 0 aliphatic heterocycles. The number of esters is 2. The number of ketones is 1. The molecule has 0 fully saturated rings. The Bertz CT molecular complexity index is 994. The fourth-order valence-corrected chi connectivity index (χ4v) is 5.45. The lowest BCUT2D eigenvalue weighted by molar-refractivity contribution is -0.156. The Morgan fingerprint density at radius 2 is 1.38 bits per heavy atom. The minimum atomic E-state index is -4.12. The third kappa shape index (κ3) is 11.9. The Morgan fingerprint density at radius 1 is 0.850 bits per heavy atom. The van der Waals surface area contributed by atoms with Gasteiger partial charge < -0.3 is 23.8 Å². The van der Waals surface area contributed by atoms with E-state index in [4.69, 9.17) is 18.5 Å². The fourth-order valence-electron chi connectivity index (χ4n) is 3.70. The van der Waals surface area contributed by atoms with Gasteiger partial charge in [0, 0.05) is 0 Å². The zero-order chi connectivity index (χ0) is 30.3. The largest absolute Gasteiger partial charge is 0.467 e. The number of rotatable bonds is 19. The summed E-state index contributed by atoms with van der Waals surface area (Å²) in [5.74, 6) is -5.19. The molecule has 0 heterocycles. The van der Waals surface area contributed by atoms with Crippen molar-refractivity contribution >= 4 is 31.2 Å². The number of nitrogens with one attached hydrogen (secondary N) is 3. The SMILES string of the molecule is CCOP(=O)(OCC)C(NC(=O)[C@H](CC(C)C)NN[C@@H](CC(C)C)C(=O)C(=O)OCc1ccccc1)C(=O)OC. The Labute approximate surface area is 236 Å². The van der Waals surface area contributed by atoms with E-state index in [1.807, 2.05) is 33.8 Å². The number of hydrazine groups is 1. The molecule has 0 aliphatic carbocycles. The maximum atomic E-state index is 13.3. The lowest BCUT2D eigenvalue weighted by Gasteiger charge is -2.28. The molecule has 0 aromatic heterocycles. The first-order valence-electron chi connectivity index (χ1n) is 13.4. The van der Waals surface area contributed by atoms with Crippen LogP contribution in [0.2, 0.25) is 0 Å². The molecule has 12 nitrogen and oxygen atoms in total. The monoisotopic (exact) mass is 585 g/mol. The molecule has 1 aromatic carbocycles. The van der Waals surface area contributed by atoms with Crippen molar-refractivity contribution < 1.29 is 42.3 Å². The first kappa shape index (κ1) is 35.4. The van der Waals surface area contributed by atoms with Gasteiger partial charge in [0.2, 0.25) is 11.7 Å². The van der Waals surface area contributed by atoms with Crippen molar-refractivity contribution in [2.75, 3.05) is 20.3 Å². The molecule has 0 saturated heterocycles. The van der Waals surface area contributed by atoms with Gasteiger partial charge in [-0.05, 0) is 44.1 Å². The highest BCUT2D eigenvalue weighted by Gasteiger charge is 2.44. The summed E-state index contributed by atoms with van der Waals surface area (Å²) in [7, 11) is -3.03. The maximum Gasteiger partial charge on any atom is 0.376 e. The van der Waals surface area contributed by atoms with Gasteiger partial charge in [0.15, 0.2) is 0 Å². The van der Waals surface area contributed by atoms with E-state index >= 15 is 0 Å². The van der Waals surface area contributed by atoms with Crippen LogP contribution >= 0.6 is 7.60 Å². The number of amides is 1. The summed E-state index contributed by atoms with van der Waals surface area (Å²) in [6, 6.07) is 6.97. The average molecular weight is 586 g/mol. The van der Waals surface area contributed by atoms with Crippen molar-refractivity contribution in [1.82, 2.24) is 16.2 Å². The first-order chi connectivity index (χ1) is 18.9. The summed E-state index contributed by atoms with van der Waals surface area (Å²) in [6.45, 7) is 10.6. The van der Waals surface area contributed by atoms with Crippen LogP contribution in [0.5, 0.6) is 0 Å². The van der Waals surface area contributed by atoms with Crippen LogP contribution < -0.4 is 16.2 Å². The first-order valence-corrected chi connectivity index (χ1v) is 15.0. The number of carbonyl (C=O) groups is 4. The van der Waals surface area contributed by atoms with Crippen molar-refractivity contribution in [3.05, 3.63) is 35.9 Å². The zero-order valence-corrected chi connectivity index (χ0v) is 25.3. The summed E-state index contributed by atoms with van der Waals surface area (Å²) >= 11 is 0. The second-order valence-electron chi connectivity index (χ2n) is 9.89. The van der Waals surface area contributed by atoms with E-state index < -0.39 is 49.1 Å². The number of hydrogen-bond donors (Lipinski definition) is 3. The molecule has 40 heavy (non-hydrogen) atoms. The van der Waals surface area contributed by atoms with E-state index in [0.29, 0.717) is 0 Å². The molecular formula is C27H44N3O9P. The van der Waals surface area contributed by atoms with Crippen molar-refractivity contribution in [3.8, 4) is 0 Å². The van der Waals surface area contributed by atoms with E-state index in [2.05, 4.69) is 16.2 Å². The highest BCUT2D eigenvalue weighted by atomic mass is 31.2. The molecule has 3 atom stereocenters. The van der Waals surface area contributed by atoms with Gasteiger partial charge in [0.25, 0.3) is 5.78 Å². The molecule has 0 aliphatic rings. The van der Waals surface area contributed by atoms with E-state index in [1.165, 1.54) is 0 Å². The van der Waals surface area contributed by atoms with E-state index in [9.17, 15) is 23.7 Å². The van der Waals surface area contributed by atoms with Crippen molar-refractivity contribution in [2.24, 2.45) is 11.8 Å². The van der Waals surface area contributed by atoms with Crippen LogP contribution in [0.15, 0.2) is 30.3 Å². The van der Waals surface area contributed by atoms with Gasteiger partial charge in [-0.1, -0.05) is 58.0 Å². The van der Waals surface area contributed by atoms with Gasteiger partial charge in [-0.15, -0.1) is 0 Å². The van der Waals surface area contributed by atoms with Crippen LogP contribution in [0.4, 0.5) is 0 Å². The molecule has 3 N–H and O–H groups in total. The Hall–Kier alpha value is -2.63. The molecule has 0 radical (unpaired) electrons. The Morgan fingerprint density at radius 3 is 1.88 bits per heavy atom. The summed E-state index contributed by atoms with van der Waals surface area (Å²) in [5, 5.41) is 2.43. The molecule has 1 unspecified atom stereocenters. The normalized spacial score (nSPS) is 13.9. The zero-order valence-electron chi connectivity index (χ0n) is 24.4. The quantitative estimate of drug-likeness (QED) is 0.0948. The van der Waals surface area contributed by atoms with E-state index in [0.717, 1.165) is 12.7 Å². The lowest BCUT2D eigenvalue weighted by Crippen LogP contribution is -2.58. The van der Waals surface area contributed by atoms with Crippen LogP contribution in [0, 0.1) is 11.8 Å². The molecular weight excluding hydrogens is 541 g/mol. The Kier molecular flexibility index (Phi) is 15.9. The summed E-state index contributed by atoms with van der Waals surface area (Å²) in [6.07, 6.45) is 0.540. The van der Waals surface area contributed by atoms with E-state index in [1.54, 1.807) is 38.1 Å². The van der Waals surface area contributed by atoms with Crippen molar-refractivity contribution in [3.63, 3.8) is 0 Å². The summed E-state index contributed by atoms with van der Waals surface area (Å²) < 4.78 is 33.8. The van der Waals surface area contributed by atoms with Crippen LogP contribution in [0.1, 0.15) is 59.9 Å². The Balaban J connectivity index is 3.07. The molecule has 0 saturated carbocycles. The van der Waals surface area contributed by atoms with Crippen LogP contribution in [-0.4, -0.2) is 61.8 Å². The van der Waals surface area contributed by atoms with Gasteiger partial charge in [-0.3, -0.25) is 14.2 Å². The van der Waals surface area contributed by atoms with Gasteiger partial charge in [0.1, 0.15) is 12.6 Å². The topological polar surface area (TPSA) is 158 Å².